The van der Waals surface area contributed by atoms with E-state index < -0.39 is 23.4 Å². The lowest BCUT2D eigenvalue weighted by Crippen LogP contribution is -2.30. The number of halogens is 4. The number of aliphatic imine (C=N–C) groups is 1. The van der Waals surface area contributed by atoms with Crippen LogP contribution in [0.25, 0.3) is 16.8 Å². The molecule has 0 aliphatic rings. The van der Waals surface area contributed by atoms with E-state index in [0.29, 0.717) is 0 Å². The second-order valence-corrected chi connectivity index (χ2v) is 7.50. The molecule has 3 heterocycles. The third-order valence-corrected chi connectivity index (χ3v) is 5.12. The number of aromatic amines is 1. The zero-order chi connectivity index (χ0) is 25.4. The first-order valence-corrected chi connectivity index (χ1v) is 9.92. The molecule has 0 fully saturated rings. The molecule has 1 atom stereocenters. The van der Waals surface area contributed by atoms with Gasteiger partial charge in [0.1, 0.15) is 28.5 Å². The van der Waals surface area contributed by atoms with Crippen molar-refractivity contribution < 1.29 is 28.1 Å². The number of rotatable bonds is 6. The molecule has 0 spiro atoms. The number of para-hydroxylation sites is 1. The van der Waals surface area contributed by atoms with Crippen molar-refractivity contribution in [3.8, 4) is 16.8 Å². The van der Waals surface area contributed by atoms with Crippen molar-refractivity contribution >= 4 is 12.2 Å². The number of H-pyrrole nitrogens is 1. The molecule has 0 amide bonds. The van der Waals surface area contributed by atoms with Gasteiger partial charge in [-0.3, -0.25) is 5.41 Å². The van der Waals surface area contributed by atoms with Gasteiger partial charge >= 0.3 is 6.18 Å². The van der Waals surface area contributed by atoms with E-state index in [1.54, 1.807) is 6.07 Å². The first-order valence-electron chi connectivity index (χ1n) is 9.92. The highest BCUT2D eigenvalue weighted by Crippen LogP contribution is 2.34. The van der Waals surface area contributed by atoms with Gasteiger partial charge in [-0.2, -0.15) is 13.2 Å². The maximum absolute atomic E-state index is 14.1. The van der Waals surface area contributed by atoms with Gasteiger partial charge in [-0.1, -0.05) is 17.3 Å². The maximum atomic E-state index is 14.1. The van der Waals surface area contributed by atoms with Crippen LogP contribution in [0, 0.1) is 5.82 Å². The Morgan fingerprint density at radius 3 is 2.54 bits per heavy atom. The van der Waals surface area contributed by atoms with Crippen molar-refractivity contribution in [1.29, 1.82) is 0 Å². The van der Waals surface area contributed by atoms with Gasteiger partial charge in [-0.05, 0) is 30.1 Å². The highest BCUT2D eigenvalue weighted by atomic mass is 19.4. The molecule has 1 aromatic carbocycles. The summed E-state index contributed by atoms with van der Waals surface area (Å²) in [6.07, 6.45) is -0.511. The number of amidine groups is 1. The molecular formula is C21H18F4N9O+. The van der Waals surface area contributed by atoms with Crippen LogP contribution < -0.4 is 11.1 Å². The van der Waals surface area contributed by atoms with E-state index in [9.17, 15) is 22.7 Å². The van der Waals surface area contributed by atoms with Crippen LogP contribution in [0.1, 0.15) is 29.8 Å². The Labute approximate surface area is 194 Å². The van der Waals surface area contributed by atoms with Crippen LogP contribution in [-0.2, 0) is 11.8 Å². The van der Waals surface area contributed by atoms with Crippen molar-refractivity contribution in [1.82, 2.24) is 29.9 Å². The Kier molecular flexibility index (Phi) is 5.90. The average Bonchev–Trinajstić information content (AvgIpc) is 3.48. The summed E-state index contributed by atoms with van der Waals surface area (Å²) in [5, 5.41) is 24.5. The lowest BCUT2D eigenvalue weighted by Gasteiger charge is -2.18. The van der Waals surface area contributed by atoms with Crippen LogP contribution in [-0.4, -0.2) is 47.2 Å². The minimum atomic E-state index is -4.71. The zero-order valence-electron chi connectivity index (χ0n) is 18.0. The largest absolute Gasteiger partial charge is 0.451 e. The fourth-order valence-corrected chi connectivity index (χ4v) is 3.28. The van der Waals surface area contributed by atoms with Crippen LogP contribution in [0.15, 0.2) is 53.9 Å². The molecule has 3 aromatic heterocycles. The Morgan fingerprint density at radius 1 is 1.23 bits per heavy atom. The predicted octanol–water partition coefficient (Wildman–Crippen LogP) is 0.959. The minimum absolute atomic E-state index is 0.0460. The highest BCUT2D eigenvalue weighted by molar-refractivity contribution is 6.04. The smallest absolute Gasteiger partial charge is 0.377 e. The number of nitrogens with one attached hydrogen (secondary N) is 1. The van der Waals surface area contributed by atoms with E-state index in [-0.39, 0.29) is 39.7 Å². The number of benzene rings is 1. The molecule has 14 heteroatoms. The quantitative estimate of drug-likeness (QED) is 0.180. The molecule has 0 saturated heterocycles. The predicted molar refractivity (Wildman–Crippen MR) is 116 cm³/mol. The highest BCUT2D eigenvalue weighted by Gasteiger charge is 2.36. The van der Waals surface area contributed by atoms with E-state index in [2.05, 4.69) is 30.3 Å². The molecule has 35 heavy (non-hydrogen) atoms. The van der Waals surface area contributed by atoms with Crippen molar-refractivity contribution in [3.63, 3.8) is 0 Å². The molecule has 4 rings (SSSR count). The molecular weight excluding hydrogens is 470 g/mol. The average molecular weight is 488 g/mol. The number of alkyl halides is 3. The second-order valence-electron chi connectivity index (χ2n) is 7.50. The van der Waals surface area contributed by atoms with Crippen molar-refractivity contribution in [3.05, 3.63) is 77.6 Å². The normalized spacial score (nSPS) is 14.1. The minimum Gasteiger partial charge on any atom is -0.377 e. The molecule has 0 bridgehead atoms. The Balaban J connectivity index is 1.78. The lowest BCUT2D eigenvalue weighted by atomic mass is 9.98. The molecule has 0 radical (unpaired) electrons. The van der Waals surface area contributed by atoms with Crippen LogP contribution in [0.5, 0.6) is 0 Å². The van der Waals surface area contributed by atoms with Gasteiger partial charge < -0.3 is 15.8 Å². The van der Waals surface area contributed by atoms with Crippen LogP contribution in [0.3, 0.4) is 0 Å². The molecule has 0 saturated carbocycles. The van der Waals surface area contributed by atoms with Crippen molar-refractivity contribution in [2.45, 2.75) is 18.7 Å². The van der Waals surface area contributed by atoms with E-state index in [4.69, 9.17) is 11.1 Å². The van der Waals surface area contributed by atoms with Gasteiger partial charge in [0.05, 0.1) is 11.9 Å². The van der Waals surface area contributed by atoms with Crippen LogP contribution >= 0.6 is 0 Å². The Morgan fingerprint density at radius 2 is 1.91 bits per heavy atom. The summed E-state index contributed by atoms with van der Waals surface area (Å²) in [5.41, 5.74) is 5.01. The van der Waals surface area contributed by atoms with Gasteiger partial charge in [0, 0.05) is 23.5 Å². The maximum Gasteiger partial charge on any atom is 0.451 e. The monoisotopic (exact) mass is 488 g/mol. The summed E-state index contributed by atoms with van der Waals surface area (Å²) < 4.78 is 53.9. The Bertz CT molecular complexity index is 1400. The number of aromatic nitrogens is 6. The number of nitrogens with two attached hydrogens (primary N) is 2. The van der Waals surface area contributed by atoms with Gasteiger partial charge in [0.2, 0.25) is 5.82 Å². The molecule has 180 valence electrons. The number of hydrogen-bond acceptors (Lipinski definition) is 5. The van der Waals surface area contributed by atoms with Gasteiger partial charge in [0.25, 0.3) is 12.2 Å². The SMILES string of the molecule is CC(O)(c1cn(-c2ccccc2F)nn1)c1cc(-c2cnc(C(F)(F)F)nc2)c(C(N)=NC=[NH2+])[nH]1. The number of hydrogen-bond donors (Lipinski definition) is 4. The summed E-state index contributed by atoms with van der Waals surface area (Å²) in [6.45, 7) is 1.40. The standard InChI is InChI=1S/C21H17F4N9O/c1-20(35,16-9-34(33-32-16)14-5-3-2-4-13(14)22)15-6-12(17(31-15)18(27)30-10-26)11-7-28-19(29-8-11)21(23,24)25/h2-10,31,35H,1H3,(H3,26,27,30)/p+1. The summed E-state index contributed by atoms with van der Waals surface area (Å²) in [7, 11) is 0. The summed E-state index contributed by atoms with van der Waals surface area (Å²) >= 11 is 0. The van der Waals surface area contributed by atoms with Gasteiger partial charge in [0.15, 0.2) is 0 Å². The van der Waals surface area contributed by atoms with Crippen molar-refractivity contribution in [2.75, 3.05) is 0 Å². The third-order valence-electron chi connectivity index (χ3n) is 5.12. The number of nitrogens with zero attached hydrogens (tertiary/aromatic N) is 6. The molecule has 0 aliphatic carbocycles. The molecule has 4 aromatic rings. The zero-order valence-corrected chi connectivity index (χ0v) is 18.0. The first-order chi connectivity index (χ1) is 16.5. The fraction of sp³-hybridized carbons (Fsp3) is 0.143. The molecule has 6 N–H and O–H groups in total. The summed E-state index contributed by atoms with van der Waals surface area (Å²) in [5.74, 6) is -1.97. The van der Waals surface area contributed by atoms with E-state index >= 15 is 0 Å². The van der Waals surface area contributed by atoms with Crippen LogP contribution in [0.4, 0.5) is 17.6 Å². The van der Waals surface area contributed by atoms with E-state index in [1.807, 2.05) is 0 Å². The Hall–Kier alpha value is -4.46. The lowest BCUT2D eigenvalue weighted by molar-refractivity contribution is -0.145. The third kappa shape index (κ3) is 4.50. The summed E-state index contributed by atoms with van der Waals surface area (Å²) in [6, 6.07) is 7.30. The number of aliphatic hydroxyl groups is 1. The van der Waals surface area contributed by atoms with Crippen LogP contribution in [0.2, 0.25) is 0 Å². The van der Waals surface area contributed by atoms with E-state index in [1.165, 1.54) is 37.4 Å². The summed E-state index contributed by atoms with van der Waals surface area (Å²) in [4.78, 5) is 13.4. The van der Waals surface area contributed by atoms with E-state index in [0.717, 1.165) is 23.4 Å². The van der Waals surface area contributed by atoms with Gasteiger partial charge in [-0.15, -0.1) is 5.10 Å². The molecule has 0 aliphatic heterocycles. The first kappa shape index (κ1) is 23.7. The fourth-order valence-electron chi connectivity index (χ4n) is 3.28. The molecule has 10 nitrogen and oxygen atoms in total. The topological polar surface area (TPSA) is 156 Å². The molecule has 1 unspecified atom stereocenters. The van der Waals surface area contributed by atoms with Crippen molar-refractivity contribution in [2.24, 2.45) is 10.7 Å². The van der Waals surface area contributed by atoms with Gasteiger partial charge in [-0.25, -0.2) is 19.0 Å². The second kappa shape index (κ2) is 8.72.